The highest BCUT2D eigenvalue weighted by atomic mass is 16.2. The van der Waals surface area contributed by atoms with E-state index in [2.05, 4.69) is 5.32 Å². The Bertz CT molecular complexity index is 375. The number of hydrogen-bond donors (Lipinski definition) is 1. The second kappa shape index (κ2) is 6.28. The van der Waals surface area contributed by atoms with Gasteiger partial charge in [0.1, 0.15) is 0 Å². The molecule has 3 heteroatoms. The number of carbonyl (C=O) groups excluding carboxylic acids is 1. The summed E-state index contributed by atoms with van der Waals surface area (Å²) in [5.41, 5.74) is 0.0816. The summed E-state index contributed by atoms with van der Waals surface area (Å²) in [6.45, 7) is 1.000. The van der Waals surface area contributed by atoms with E-state index in [1.165, 1.54) is 44.9 Å². The molecule has 0 radical (unpaired) electrons. The fourth-order valence-electron chi connectivity index (χ4n) is 5.22. The van der Waals surface area contributed by atoms with Crippen LogP contribution in [0.25, 0.3) is 0 Å². The van der Waals surface area contributed by atoms with Crippen molar-refractivity contribution in [2.45, 2.75) is 69.7 Å². The van der Waals surface area contributed by atoms with E-state index in [-0.39, 0.29) is 5.54 Å². The molecular weight excluding hydrogens is 260 g/mol. The van der Waals surface area contributed by atoms with Gasteiger partial charge < -0.3 is 10.2 Å². The monoisotopic (exact) mass is 292 g/mol. The maximum Gasteiger partial charge on any atom is 0.224 e. The normalized spacial score (nSPS) is 34.1. The summed E-state index contributed by atoms with van der Waals surface area (Å²) in [5.74, 6) is 3.03. The average Bonchev–Trinajstić information content (AvgIpc) is 3.10. The summed E-state index contributed by atoms with van der Waals surface area (Å²) in [6, 6.07) is 0. The van der Waals surface area contributed by atoms with Crippen LogP contribution in [0.3, 0.4) is 0 Å². The first-order chi connectivity index (χ1) is 10.1. The fourth-order valence-corrected chi connectivity index (χ4v) is 5.22. The van der Waals surface area contributed by atoms with E-state index < -0.39 is 0 Å². The Morgan fingerprint density at radius 2 is 1.95 bits per heavy atom. The molecule has 1 N–H and O–H groups in total. The molecule has 0 aliphatic heterocycles. The Kier molecular flexibility index (Phi) is 4.58. The second-order valence-electron chi connectivity index (χ2n) is 7.98. The van der Waals surface area contributed by atoms with Crippen LogP contribution in [0.1, 0.15) is 64.2 Å². The maximum atomic E-state index is 12.7. The highest BCUT2D eigenvalue weighted by Gasteiger charge is 2.40. The molecule has 0 aromatic heterocycles. The van der Waals surface area contributed by atoms with Gasteiger partial charge in [-0.2, -0.15) is 0 Å². The minimum Gasteiger partial charge on any atom is -0.345 e. The van der Waals surface area contributed by atoms with E-state index in [1.54, 1.807) is 0 Å². The van der Waals surface area contributed by atoms with Crippen LogP contribution < -0.4 is 5.32 Å². The SMILES string of the molecule is CNC1(CC(=O)N(C)CC2CC3CCC2C3)CCCCC1. The Morgan fingerprint density at radius 3 is 2.52 bits per heavy atom. The number of amides is 1. The third-order valence-electron chi connectivity index (χ3n) is 6.65. The van der Waals surface area contributed by atoms with E-state index in [9.17, 15) is 4.79 Å². The molecule has 0 aromatic rings. The standard InChI is InChI=1S/C18H32N2O/c1-19-18(8-4-3-5-9-18)12-17(21)20(2)13-16-11-14-6-7-15(16)10-14/h14-16,19H,3-13H2,1-2H3. The number of carbonyl (C=O) groups is 1. The number of nitrogens with one attached hydrogen (secondary N) is 1. The van der Waals surface area contributed by atoms with Crippen molar-refractivity contribution >= 4 is 5.91 Å². The van der Waals surface area contributed by atoms with Crippen LogP contribution in [-0.2, 0) is 4.79 Å². The first-order valence-corrected chi connectivity index (χ1v) is 9.05. The molecule has 3 fully saturated rings. The van der Waals surface area contributed by atoms with Crippen LogP contribution in [0.5, 0.6) is 0 Å². The summed E-state index contributed by atoms with van der Waals surface area (Å²) in [7, 11) is 4.06. The lowest BCUT2D eigenvalue weighted by atomic mass is 9.79. The predicted octanol–water partition coefficient (Wildman–Crippen LogP) is 3.19. The first kappa shape index (κ1) is 15.3. The molecule has 21 heavy (non-hydrogen) atoms. The molecule has 0 spiro atoms. The van der Waals surface area contributed by atoms with Gasteiger partial charge in [0.25, 0.3) is 0 Å². The van der Waals surface area contributed by atoms with Gasteiger partial charge in [0.05, 0.1) is 0 Å². The summed E-state index contributed by atoms with van der Waals surface area (Å²) in [6.07, 6.45) is 12.6. The lowest BCUT2D eigenvalue weighted by Crippen LogP contribution is -2.49. The molecule has 3 atom stereocenters. The molecule has 2 bridgehead atoms. The van der Waals surface area contributed by atoms with Crippen LogP contribution in [0.2, 0.25) is 0 Å². The topological polar surface area (TPSA) is 32.3 Å². The van der Waals surface area contributed by atoms with Crippen molar-refractivity contribution in [1.82, 2.24) is 10.2 Å². The van der Waals surface area contributed by atoms with Crippen LogP contribution in [-0.4, -0.2) is 37.0 Å². The predicted molar refractivity (Wildman–Crippen MR) is 86.1 cm³/mol. The summed E-state index contributed by atoms with van der Waals surface area (Å²) >= 11 is 0. The lowest BCUT2D eigenvalue weighted by Gasteiger charge is -2.38. The highest BCUT2D eigenvalue weighted by Crippen LogP contribution is 2.48. The molecular formula is C18H32N2O. The van der Waals surface area contributed by atoms with Gasteiger partial charge in [-0.3, -0.25) is 4.79 Å². The van der Waals surface area contributed by atoms with E-state index in [0.717, 1.165) is 37.1 Å². The minimum absolute atomic E-state index is 0.0816. The van der Waals surface area contributed by atoms with E-state index in [0.29, 0.717) is 12.3 Å². The van der Waals surface area contributed by atoms with Gasteiger partial charge in [0.15, 0.2) is 0 Å². The number of nitrogens with zero attached hydrogens (tertiary/aromatic N) is 1. The van der Waals surface area contributed by atoms with Crippen molar-refractivity contribution in [2.24, 2.45) is 17.8 Å². The Hall–Kier alpha value is -0.570. The van der Waals surface area contributed by atoms with Gasteiger partial charge in [0, 0.05) is 25.6 Å². The number of fused-ring (bicyclic) bond motifs is 2. The van der Waals surface area contributed by atoms with Crippen LogP contribution in [0.4, 0.5) is 0 Å². The molecule has 3 aliphatic rings. The van der Waals surface area contributed by atoms with Crippen molar-refractivity contribution in [3.05, 3.63) is 0 Å². The lowest BCUT2D eigenvalue weighted by molar-refractivity contribution is -0.132. The average molecular weight is 292 g/mol. The number of hydrogen-bond acceptors (Lipinski definition) is 2. The Labute approximate surface area is 129 Å². The molecule has 0 aromatic carbocycles. The second-order valence-corrected chi connectivity index (χ2v) is 7.98. The van der Waals surface area contributed by atoms with Crippen LogP contribution in [0, 0.1) is 17.8 Å². The van der Waals surface area contributed by atoms with Crippen molar-refractivity contribution < 1.29 is 4.79 Å². The summed E-state index contributed by atoms with van der Waals surface area (Å²) < 4.78 is 0. The van der Waals surface area contributed by atoms with E-state index >= 15 is 0 Å². The third kappa shape index (κ3) is 3.28. The van der Waals surface area contributed by atoms with Crippen LogP contribution in [0.15, 0.2) is 0 Å². The first-order valence-electron chi connectivity index (χ1n) is 9.05. The van der Waals surface area contributed by atoms with Crippen LogP contribution >= 0.6 is 0 Å². The molecule has 120 valence electrons. The third-order valence-corrected chi connectivity index (χ3v) is 6.65. The zero-order chi connectivity index (χ0) is 14.9. The summed E-state index contributed by atoms with van der Waals surface area (Å²) in [4.78, 5) is 14.7. The maximum absolute atomic E-state index is 12.7. The molecule has 3 unspecified atom stereocenters. The fraction of sp³-hybridized carbons (Fsp3) is 0.944. The highest BCUT2D eigenvalue weighted by molar-refractivity contribution is 5.77. The molecule has 1 amide bonds. The molecule has 0 heterocycles. The van der Waals surface area contributed by atoms with Gasteiger partial charge in [-0.15, -0.1) is 0 Å². The quantitative estimate of drug-likeness (QED) is 0.844. The number of rotatable bonds is 5. The van der Waals surface area contributed by atoms with Crippen molar-refractivity contribution in [3.63, 3.8) is 0 Å². The van der Waals surface area contributed by atoms with Crippen molar-refractivity contribution in [1.29, 1.82) is 0 Å². The largest absolute Gasteiger partial charge is 0.345 e. The van der Waals surface area contributed by atoms with Gasteiger partial charge in [-0.05, 0) is 56.9 Å². The van der Waals surface area contributed by atoms with Gasteiger partial charge in [-0.25, -0.2) is 0 Å². The molecule has 3 rings (SSSR count). The molecule has 3 saturated carbocycles. The Balaban J connectivity index is 1.52. The Morgan fingerprint density at radius 1 is 1.19 bits per heavy atom. The van der Waals surface area contributed by atoms with E-state index in [4.69, 9.17) is 0 Å². The summed E-state index contributed by atoms with van der Waals surface area (Å²) in [5, 5.41) is 3.48. The smallest absolute Gasteiger partial charge is 0.224 e. The van der Waals surface area contributed by atoms with Crippen molar-refractivity contribution in [2.75, 3.05) is 20.6 Å². The zero-order valence-electron chi connectivity index (χ0n) is 13.9. The molecule has 3 aliphatic carbocycles. The van der Waals surface area contributed by atoms with Crippen molar-refractivity contribution in [3.8, 4) is 0 Å². The van der Waals surface area contributed by atoms with Gasteiger partial charge in [0.2, 0.25) is 5.91 Å². The minimum atomic E-state index is 0.0816. The van der Waals surface area contributed by atoms with Gasteiger partial charge in [-0.1, -0.05) is 25.7 Å². The zero-order valence-corrected chi connectivity index (χ0v) is 13.9. The molecule has 3 nitrogen and oxygen atoms in total. The molecule has 0 saturated heterocycles. The van der Waals surface area contributed by atoms with E-state index in [1.807, 2.05) is 19.0 Å². The van der Waals surface area contributed by atoms with Gasteiger partial charge >= 0.3 is 0 Å².